The van der Waals surface area contributed by atoms with E-state index in [1.54, 1.807) is 37.3 Å². The molecule has 31 heavy (non-hydrogen) atoms. The molecule has 2 aliphatic rings. The number of carbonyl (C=O) groups excluding carboxylic acids is 2. The highest BCUT2D eigenvalue weighted by atomic mass is 19.1. The van der Waals surface area contributed by atoms with Crippen molar-refractivity contribution in [1.82, 2.24) is 0 Å². The van der Waals surface area contributed by atoms with Gasteiger partial charge in [0, 0.05) is 41.3 Å². The number of methoxy groups -OCH3 is 2. The molecule has 4 rings (SSSR count). The Morgan fingerprint density at radius 1 is 1.00 bits per heavy atom. The molecular formula is C25H26FNO4. The number of anilines is 1. The Balaban J connectivity index is 1.93. The predicted octanol–water partition coefficient (Wildman–Crippen LogP) is 5.01. The number of hydrogen-bond acceptors (Lipinski definition) is 4. The van der Waals surface area contributed by atoms with Crippen LogP contribution in [-0.2, 0) is 9.59 Å². The summed E-state index contributed by atoms with van der Waals surface area (Å²) in [5.41, 5.74) is 2.37. The van der Waals surface area contributed by atoms with E-state index in [1.807, 2.05) is 26.0 Å². The quantitative estimate of drug-likeness (QED) is 0.694. The first-order chi connectivity index (χ1) is 14.8. The van der Waals surface area contributed by atoms with Crippen molar-refractivity contribution < 1.29 is 23.5 Å². The molecule has 0 fully saturated rings. The van der Waals surface area contributed by atoms with Gasteiger partial charge in [0.25, 0.3) is 0 Å². The first-order valence-corrected chi connectivity index (χ1v) is 10.3. The summed E-state index contributed by atoms with van der Waals surface area (Å²) >= 11 is 0. The molecule has 1 amide bonds. The number of ether oxygens (including phenoxy) is 2. The van der Waals surface area contributed by atoms with Crippen molar-refractivity contribution in [2.75, 3.05) is 19.1 Å². The zero-order chi connectivity index (χ0) is 22.3. The number of amides is 1. The maximum Gasteiger partial charge on any atom is 0.232 e. The van der Waals surface area contributed by atoms with Gasteiger partial charge in [-0.1, -0.05) is 26.0 Å². The van der Waals surface area contributed by atoms with Crippen LogP contribution >= 0.6 is 0 Å². The summed E-state index contributed by atoms with van der Waals surface area (Å²) in [7, 11) is 3.11. The van der Waals surface area contributed by atoms with Crippen LogP contribution in [0.2, 0.25) is 0 Å². The molecule has 0 N–H and O–H groups in total. The molecule has 0 bridgehead atoms. The maximum atomic E-state index is 13.5. The zero-order valence-electron chi connectivity index (χ0n) is 18.2. The van der Waals surface area contributed by atoms with Crippen molar-refractivity contribution in [3.63, 3.8) is 0 Å². The summed E-state index contributed by atoms with van der Waals surface area (Å²) in [5, 5.41) is 0. The molecule has 5 nitrogen and oxygen atoms in total. The van der Waals surface area contributed by atoms with E-state index in [0.717, 1.165) is 5.56 Å². The number of para-hydroxylation sites is 1. The monoisotopic (exact) mass is 423 g/mol. The third-order valence-corrected chi connectivity index (χ3v) is 6.04. The molecule has 1 unspecified atom stereocenters. The van der Waals surface area contributed by atoms with Crippen molar-refractivity contribution in [3.8, 4) is 11.5 Å². The molecule has 1 aliphatic carbocycles. The third kappa shape index (κ3) is 3.71. The van der Waals surface area contributed by atoms with E-state index >= 15 is 0 Å². The van der Waals surface area contributed by atoms with Crippen LogP contribution < -0.4 is 14.4 Å². The standard InChI is InChI=1S/C25H26FNO4/c1-25(2)13-19-23(20(28)14-25)18(17-6-5-7-21(30-3)24(17)31-4)12-22(29)27(19)16-10-8-15(26)9-11-16/h5-11,18H,12-14H2,1-4H3. The molecule has 162 valence electrons. The van der Waals surface area contributed by atoms with Gasteiger partial charge in [-0.15, -0.1) is 0 Å². The molecule has 2 aromatic carbocycles. The Morgan fingerprint density at radius 2 is 1.71 bits per heavy atom. The zero-order valence-corrected chi connectivity index (χ0v) is 18.2. The van der Waals surface area contributed by atoms with Crippen LogP contribution in [0.1, 0.15) is 44.6 Å². The predicted molar refractivity (Wildman–Crippen MR) is 116 cm³/mol. The summed E-state index contributed by atoms with van der Waals surface area (Å²) in [6, 6.07) is 11.3. The van der Waals surface area contributed by atoms with Gasteiger partial charge >= 0.3 is 0 Å². The van der Waals surface area contributed by atoms with E-state index in [0.29, 0.717) is 41.3 Å². The van der Waals surface area contributed by atoms with Crippen molar-refractivity contribution in [1.29, 1.82) is 0 Å². The number of hydrogen-bond donors (Lipinski definition) is 0. The van der Waals surface area contributed by atoms with Crippen LogP contribution in [0.5, 0.6) is 11.5 Å². The second-order valence-electron chi connectivity index (χ2n) is 8.85. The van der Waals surface area contributed by atoms with Crippen LogP contribution in [0.25, 0.3) is 0 Å². The number of carbonyl (C=O) groups is 2. The first-order valence-electron chi connectivity index (χ1n) is 10.3. The average Bonchev–Trinajstić information content (AvgIpc) is 2.72. The van der Waals surface area contributed by atoms with Gasteiger partial charge in [-0.2, -0.15) is 0 Å². The largest absolute Gasteiger partial charge is 0.493 e. The number of ketones is 1. The molecular weight excluding hydrogens is 397 g/mol. The number of benzene rings is 2. The topological polar surface area (TPSA) is 55.8 Å². The number of Topliss-reactive ketones (excluding diaryl/α,β-unsaturated/α-hetero) is 1. The van der Waals surface area contributed by atoms with E-state index in [4.69, 9.17) is 9.47 Å². The molecule has 1 aliphatic heterocycles. The molecule has 0 saturated heterocycles. The fourth-order valence-corrected chi connectivity index (χ4v) is 4.76. The Bertz CT molecular complexity index is 1070. The highest BCUT2D eigenvalue weighted by Crippen LogP contribution is 2.50. The molecule has 1 heterocycles. The molecule has 0 spiro atoms. The van der Waals surface area contributed by atoms with Crippen LogP contribution in [0, 0.1) is 11.2 Å². The number of rotatable bonds is 4. The van der Waals surface area contributed by atoms with Gasteiger partial charge < -0.3 is 9.47 Å². The minimum atomic E-state index is -0.423. The maximum absolute atomic E-state index is 13.5. The second kappa shape index (κ2) is 7.84. The smallest absolute Gasteiger partial charge is 0.232 e. The summed E-state index contributed by atoms with van der Waals surface area (Å²) in [4.78, 5) is 28.4. The van der Waals surface area contributed by atoms with Crippen molar-refractivity contribution in [2.45, 2.75) is 39.0 Å². The van der Waals surface area contributed by atoms with E-state index in [1.165, 1.54) is 12.1 Å². The minimum Gasteiger partial charge on any atom is -0.493 e. The lowest BCUT2D eigenvalue weighted by Crippen LogP contribution is -2.43. The van der Waals surface area contributed by atoms with Gasteiger partial charge in [0.2, 0.25) is 5.91 Å². The van der Waals surface area contributed by atoms with Gasteiger partial charge in [-0.3, -0.25) is 14.5 Å². The number of nitrogens with zero attached hydrogens (tertiary/aromatic N) is 1. The summed E-state index contributed by atoms with van der Waals surface area (Å²) < 4.78 is 24.6. The van der Waals surface area contributed by atoms with Crippen molar-refractivity contribution in [2.24, 2.45) is 5.41 Å². The van der Waals surface area contributed by atoms with E-state index < -0.39 is 5.92 Å². The van der Waals surface area contributed by atoms with Crippen molar-refractivity contribution in [3.05, 3.63) is 65.1 Å². The van der Waals surface area contributed by atoms with Gasteiger partial charge in [0.05, 0.1) is 14.2 Å². The summed E-state index contributed by atoms with van der Waals surface area (Å²) in [6.45, 7) is 4.05. The first kappa shape index (κ1) is 21.1. The van der Waals surface area contributed by atoms with E-state index in [9.17, 15) is 14.0 Å². The van der Waals surface area contributed by atoms with Gasteiger partial charge in [-0.05, 0) is 42.2 Å². The Kier molecular flexibility index (Phi) is 5.33. The summed E-state index contributed by atoms with van der Waals surface area (Å²) in [5.74, 6) is 0.183. The molecule has 2 aromatic rings. The fourth-order valence-electron chi connectivity index (χ4n) is 4.76. The van der Waals surface area contributed by atoms with Crippen LogP contribution in [0.3, 0.4) is 0 Å². The number of allylic oxidation sites excluding steroid dienone is 2. The normalized spacial score (nSPS) is 20.5. The fraction of sp³-hybridized carbons (Fsp3) is 0.360. The lowest BCUT2D eigenvalue weighted by Gasteiger charge is -2.43. The SMILES string of the molecule is COc1cccc(C2CC(=O)N(c3ccc(F)cc3)C3=C2C(=O)CC(C)(C)C3)c1OC. The summed E-state index contributed by atoms with van der Waals surface area (Å²) in [6.07, 6.45) is 1.09. The lowest BCUT2D eigenvalue weighted by atomic mass is 9.69. The highest BCUT2D eigenvalue weighted by molar-refractivity contribution is 6.08. The van der Waals surface area contributed by atoms with E-state index in [-0.39, 0.29) is 29.3 Å². The van der Waals surface area contributed by atoms with Gasteiger partial charge in [0.15, 0.2) is 17.3 Å². The molecule has 1 atom stereocenters. The highest BCUT2D eigenvalue weighted by Gasteiger charge is 2.45. The van der Waals surface area contributed by atoms with E-state index in [2.05, 4.69) is 0 Å². The third-order valence-electron chi connectivity index (χ3n) is 6.04. The molecule has 6 heteroatoms. The minimum absolute atomic E-state index is 0.0285. The van der Waals surface area contributed by atoms with Crippen LogP contribution in [-0.4, -0.2) is 25.9 Å². The Labute approximate surface area is 181 Å². The lowest BCUT2D eigenvalue weighted by molar-refractivity contribution is -0.121. The van der Waals surface area contributed by atoms with Crippen molar-refractivity contribution >= 4 is 17.4 Å². The molecule has 0 saturated carbocycles. The Hall–Kier alpha value is -3.15. The Morgan fingerprint density at radius 3 is 2.35 bits per heavy atom. The second-order valence-corrected chi connectivity index (χ2v) is 8.85. The van der Waals surface area contributed by atoms with Gasteiger partial charge in [0.1, 0.15) is 5.82 Å². The molecule has 0 aromatic heterocycles. The van der Waals surface area contributed by atoms with Crippen LogP contribution in [0.4, 0.5) is 10.1 Å². The van der Waals surface area contributed by atoms with Crippen LogP contribution in [0.15, 0.2) is 53.7 Å². The molecule has 0 radical (unpaired) electrons. The number of halogens is 1. The van der Waals surface area contributed by atoms with Gasteiger partial charge in [-0.25, -0.2) is 4.39 Å². The average molecular weight is 423 g/mol.